The molecule has 9 aromatic rings. The Labute approximate surface area is 406 Å². The van der Waals surface area contributed by atoms with Gasteiger partial charge in [0.05, 0.1) is 0 Å². The van der Waals surface area contributed by atoms with Gasteiger partial charge in [-0.3, -0.25) is 0 Å². The average Bonchev–Trinajstić information content (AvgIpc) is 3.90. The van der Waals surface area contributed by atoms with Crippen LogP contribution < -0.4 is 13.7 Å². The van der Waals surface area contributed by atoms with Gasteiger partial charge in [-0.05, 0) is 145 Å². The Morgan fingerprint density at radius 2 is 0.721 bits per heavy atom. The van der Waals surface area contributed by atoms with E-state index >= 15 is 0 Å². The van der Waals surface area contributed by atoms with Gasteiger partial charge in [-0.25, -0.2) is 13.7 Å². The Hall–Kier alpha value is -7.23. The van der Waals surface area contributed by atoms with E-state index in [1.807, 2.05) is 0 Å². The molecule has 0 N–H and O–H groups in total. The molecule has 0 unspecified atom stereocenters. The molecule has 0 amide bonds. The van der Waals surface area contributed by atoms with Gasteiger partial charge in [0.2, 0.25) is 17.1 Å². The van der Waals surface area contributed by atoms with E-state index in [4.69, 9.17) is 0 Å². The minimum absolute atomic E-state index is 0.760. The van der Waals surface area contributed by atoms with Gasteiger partial charge in [-0.1, -0.05) is 140 Å². The molecule has 3 aromatic heterocycles. The third kappa shape index (κ3) is 11.1. The maximum atomic E-state index is 2.41. The van der Waals surface area contributed by atoms with Gasteiger partial charge in [0.25, 0.3) is 0 Å². The van der Waals surface area contributed by atoms with Crippen LogP contribution in [-0.2, 0) is 21.1 Å². The standard InChI is InChI=1S/C24H26N.C21H22N.C20H20N/c1-18-8-3-6-13-23(18)24-17-22(14-15-25(24)2)21-12-7-11-20(16-21)19-9-4-5-10-19;1-15-9-10-18(13-17(15)3)19-11-12-22(4)21(14-19)20-8-6-5-7-16(20)2;1-15-8-10-17(11-9-15)18-12-13-21(3)20(14-18)19-7-5-4-6-16(19)2/h3,6-8,11-17,19H,4-5,9-10H2,1-2H3;5-14H,1-4H3;4-14H,1-3H3/q3*+1. The van der Waals surface area contributed by atoms with E-state index in [-0.39, 0.29) is 0 Å². The van der Waals surface area contributed by atoms with Crippen LogP contribution in [0.1, 0.15) is 70.5 Å². The Morgan fingerprint density at radius 1 is 0.324 bits per heavy atom. The lowest BCUT2D eigenvalue weighted by Gasteiger charge is -2.12. The maximum Gasteiger partial charge on any atom is 0.213 e. The second-order valence-corrected chi connectivity index (χ2v) is 19.0. The Bertz CT molecular complexity index is 3170. The molecular formula is C65H68N3+3. The lowest BCUT2D eigenvalue weighted by molar-refractivity contribution is -0.660. The van der Waals surface area contributed by atoms with Gasteiger partial charge in [0.1, 0.15) is 21.1 Å². The van der Waals surface area contributed by atoms with Gasteiger partial charge in [-0.2, -0.15) is 0 Å². The average molecular weight is 891 g/mol. The summed E-state index contributed by atoms with van der Waals surface area (Å²) in [6.45, 7) is 13.0. The molecule has 0 spiro atoms. The highest BCUT2D eigenvalue weighted by Crippen LogP contribution is 2.36. The lowest BCUT2D eigenvalue weighted by Crippen LogP contribution is -2.30. The zero-order chi connectivity index (χ0) is 47.7. The highest BCUT2D eigenvalue weighted by molar-refractivity contribution is 5.73. The largest absolute Gasteiger partial charge is 0.213 e. The minimum Gasteiger partial charge on any atom is -0.201 e. The van der Waals surface area contributed by atoms with Crippen LogP contribution in [0.3, 0.4) is 0 Å². The van der Waals surface area contributed by atoms with E-state index in [9.17, 15) is 0 Å². The van der Waals surface area contributed by atoms with Crippen molar-refractivity contribution in [2.75, 3.05) is 0 Å². The first-order valence-corrected chi connectivity index (χ1v) is 24.4. The quantitative estimate of drug-likeness (QED) is 0.141. The molecule has 0 bridgehead atoms. The van der Waals surface area contributed by atoms with Gasteiger partial charge < -0.3 is 0 Å². The third-order valence-corrected chi connectivity index (χ3v) is 14.0. The Kier molecular flexibility index (Phi) is 15.0. The summed E-state index contributed by atoms with van der Waals surface area (Å²) in [7, 11) is 6.33. The molecule has 0 aliphatic heterocycles. The van der Waals surface area contributed by atoms with Crippen molar-refractivity contribution in [2.24, 2.45) is 21.1 Å². The fraction of sp³-hybridized carbons (Fsp3) is 0.215. The fourth-order valence-corrected chi connectivity index (χ4v) is 9.53. The molecule has 1 aliphatic rings. The summed E-state index contributed by atoms with van der Waals surface area (Å²) in [6.07, 6.45) is 11.9. The van der Waals surface area contributed by atoms with Gasteiger partial charge in [-0.15, -0.1) is 0 Å². The number of hydrogen-bond donors (Lipinski definition) is 0. The summed E-state index contributed by atoms with van der Waals surface area (Å²) in [6, 6.07) is 63.7. The van der Waals surface area contributed by atoms with Crippen molar-refractivity contribution < 1.29 is 13.7 Å². The molecule has 3 nitrogen and oxygen atoms in total. The van der Waals surface area contributed by atoms with Crippen molar-refractivity contribution >= 4 is 0 Å². The van der Waals surface area contributed by atoms with Crippen molar-refractivity contribution in [3.63, 3.8) is 0 Å². The predicted octanol–water partition coefficient (Wildman–Crippen LogP) is 15.0. The number of aromatic nitrogens is 3. The first-order chi connectivity index (χ1) is 32.9. The zero-order valence-electron chi connectivity index (χ0n) is 41.7. The predicted molar refractivity (Wildman–Crippen MR) is 285 cm³/mol. The van der Waals surface area contributed by atoms with Crippen LogP contribution in [-0.4, -0.2) is 0 Å². The normalized spacial score (nSPS) is 12.2. The van der Waals surface area contributed by atoms with Crippen LogP contribution >= 0.6 is 0 Å². The van der Waals surface area contributed by atoms with Crippen molar-refractivity contribution in [3.05, 3.63) is 233 Å². The molecule has 340 valence electrons. The summed E-state index contributed by atoms with van der Waals surface area (Å²) < 4.78 is 6.58. The molecule has 0 radical (unpaired) electrons. The Balaban J connectivity index is 0.000000139. The van der Waals surface area contributed by atoms with E-state index in [1.165, 1.54) is 132 Å². The molecular weight excluding hydrogens is 823 g/mol. The molecule has 0 atom stereocenters. The highest BCUT2D eigenvalue weighted by atomic mass is 14.9. The van der Waals surface area contributed by atoms with E-state index < -0.39 is 0 Å². The second kappa shape index (κ2) is 21.6. The van der Waals surface area contributed by atoms with Crippen LogP contribution in [0, 0.1) is 41.5 Å². The fourth-order valence-electron chi connectivity index (χ4n) is 9.53. The molecule has 3 heterocycles. The van der Waals surface area contributed by atoms with E-state index in [0.717, 1.165) is 5.92 Å². The van der Waals surface area contributed by atoms with Crippen LogP contribution in [0.4, 0.5) is 0 Å². The minimum atomic E-state index is 0.760. The van der Waals surface area contributed by atoms with Crippen LogP contribution in [0.2, 0.25) is 0 Å². The van der Waals surface area contributed by atoms with Crippen molar-refractivity contribution in [2.45, 2.75) is 73.1 Å². The first-order valence-electron chi connectivity index (χ1n) is 24.4. The summed E-state index contributed by atoms with van der Waals surface area (Å²) in [4.78, 5) is 0. The molecule has 1 saturated carbocycles. The summed E-state index contributed by atoms with van der Waals surface area (Å²) >= 11 is 0. The maximum absolute atomic E-state index is 2.41. The van der Waals surface area contributed by atoms with Gasteiger partial charge in [0, 0.05) is 53.1 Å². The zero-order valence-corrected chi connectivity index (χ0v) is 41.7. The second-order valence-electron chi connectivity index (χ2n) is 19.0. The van der Waals surface area contributed by atoms with Crippen LogP contribution in [0.15, 0.2) is 195 Å². The molecule has 68 heavy (non-hydrogen) atoms. The molecule has 6 aromatic carbocycles. The molecule has 0 saturated heterocycles. The number of rotatable bonds is 7. The lowest BCUT2D eigenvalue weighted by atomic mass is 9.93. The van der Waals surface area contributed by atoms with Crippen molar-refractivity contribution in [3.8, 4) is 67.2 Å². The number of benzene rings is 6. The topological polar surface area (TPSA) is 11.6 Å². The highest BCUT2D eigenvalue weighted by Gasteiger charge is 2.19. The molecule has 1 aliphatic carbocycles. The van der Waals surface area contributed by atoms with Gasteiger partial charge in [0.15, 0.2) is 18.6 Å². The van der Waals surface area contributed by atoms with Crippen LogP contribution in [0.5, 0.6) is 0 Å². The smallest absolute Gasteiger partial charge is 0.201 e. The summed E-state index contributed by atoms with van der Waals surface area (Å²) in [5, 5.41) is 0. The van der Waals surface area contributed by atoms with Crippen molar-refractivity contribution in [1.29, 1.82) is 0 Å². The third-order valence-electron chi connectivity index (χ3n) is 14.0. The summed E-state index contributed by atoms with van der Waals surface area (Å²) in [5.74, 6) is 0.760. The Morgan fingerprint density at radius 3 is 1.16 bits per heavy atom. The van der Waals surface area contributed by atoms with E-state index in [1.54, 1.807) is 0 Å². The molecule has 3 heteroatoms. The van der Waals surface area contributed by atoms with E-state index in [2.05, 4.69) is 271 Å². The number of hydrogen-bond acceptors (Lipinski definition) is 0. The van der Waals surface area contributed by atoms with Crippen molar-refractivity contribution in [1.82, 2.24) is 0 Å². The SMILES string of the molecule is Cc1ccc(-c2cc[n+](C)c(-c3ccccc3C)c2)cc1.Cc1ccc(-c2cc[n+](C)c(-c3ccccc3C)c2)cc1C.Cc1ccccc1-c1cc(-c2cccc(C3CCCC3)c2)cc[n+]1C. The number of pyridine rings is 3. The number of nitrogens with zero attached hydrogens (tertiary/aromatic N) is 3. The first kappa shape index (κ1) is 47.3. The monoisotopic (exact) mass is 891 g/mol. The molecule has 10 rings (SSSR count). The van der Waals surface area contributed by atoms with Gasteiger partial charge >= 0.3 is 0 Å². The number of aryl methyl sites for hydroxylation is 9. The van der Waals surface area contributed by atoms with E-state index in [0.29, 0.717) is 0 Å². The summed E-state index contributed by atoms with van der Waals surface area (Å²) in [5.41, 5.74) is 24.7. The van der Waals surface area contributed by atoms with Crippen LogP contribution in [0.25, 0.3) is 67.2 Å². The molecule has 1 fully saturated rings.